The zero-order valence-corrected chi connectivity index (χ0v) is 11.8. The summed E-state index contributed by atoms with van der Waals surface area (Å²) in [6, 6.07) is 5.21. The van der Waals surface area contributed by atoms with Crippen molar-refractivity contribution >= 4 is 21.7 Å². The largest absolute Gasteiger partial charge is 0.495 e. The third-order valence-electron chi connectivity index (χ3n) is 2.70. The average molecular weight is 287 g/mol. The van der Waals surface area contributed by atoms with Gasteiger partial charge in [-0.3, -0.25) is 4.31 Å². The Morgan fingerprint density at radius 1 is 1.42 bits per heavy atom. The van der Waals surface area contributed by atoms with Crippen molar-refractivity contribution in [1.29, 1.82) is 0 Å². The van der Waals surface area contributed by atoms with Gasteiger partial charge in [0.25, 0.3) is 0 Å². The maximum absolute atomic E-state index is 12.1. The Hall–Kier alpha value is -1.76. The van der Waals surface area contributed by atoms with Crippen molar-refractivity contribution in [2.24, 2.45) is 0 Å². The fraction of sp³-hybridized carbons (Fsp3) is 0.417. The highest BCUT2D eigenvalue weighted by Gasteiger charge is 2.32. The third kappa shape index (κ3) is 3.17. The molecule has 1 N–H and O–H groups in total. The second-order valence-corrected chi connectivity index (χ2v) is 6.02. The number of carboxylic acid groups (broad SMARTS) is 1. The van der Waals surface area contributed by atoms with Gasteiger partial charge in [-0.15, -0.1) is 0 Å². The standard InChI is InChI=1S/C12H17NO5S/c1-4-19(16,17)13(9(2)12(14)15)10-7-5-6-8-11(10)18-3/h5-9H,4H2,1-3H3,(H,14,15). The molecule has 0 radical (unpaired) electrons. The van der Waals surface area contributed by atoms with Gasteiger partial charge in [0.15, 0.2) is 0 Å². The molecule has 1 rings (SSSR count). The first-order chi connectivity index (χ1) is 8.85. The van der Waals surface area contributed by atoms with Crippen LogP contribution in [0.4, 0.5) is 5.69 Å². The molecule has 1 unspecified atom stereocenters. The van der Waals surface area contributed by atoms with E-state index in [1.54, 1.807) is 18.2 Å². The van der Waals surface area contributed by atoms with Crippen LogP contribution in [0.15, 0.2) is 24.3 Å². The molecule has 1 atom stereocenters. The number of rotatable bonds is 6. The van der Waals surface area contributed by atoms with Gasteiger partial charge in [0.05, 0.1) is 18.6 Å². The van der Waals surface area contributed by atoms with Crippen molar-refractivity contribution in [3.8, 4) is 5.75 Å². The molecule has 0 bridgehead atoms. The molecule has 0 aliphatic rings. The van der Waals surface area contributed by atoms with Gasteiger partial charge in [-0.2, -0.15) is 0 Å². The second kappa shape index (κ2) is 5.92. The summed E-state index contributed by atoms with van der Waals surface area (Å²) in [5.74, 6) is -1.10. The highest BCUT2D eigenvalue weighted by Crippen LogP contribution is 2.31. The van der Waals surface area contributed by atoms with Gasteiger partial charge in [0.2, 0.25) is 10.0 Å². The molecule has 0 aromatic heterocycles. The molecule has 0 saturated carbocycles. The molecule has 6 nitrogen and oxygen atoms in total. The van der Waals surface area contributed by atoms with E-state index in [-0.39, 0.29) is 11.4 Å². The maximum Gasteiger partial charge on any atom is 0.327 e. The van der Waals surface area contributed by atoms with Gasteiger partial charge in [-0.25, -0.2) is 13.2 Å². The van der Waals surface area contributed by atoms with Gasteiger partial charge < -0.3 is 9.84 Å². The Morgan fingerprint density at radius 2 is 2.00 bits per heavy atom. The SMILES string of the molecule is CCS(=O)(=O)N(c1ccccc1OC)C(C)C(=O)O. The summed E-state index contributed by atoms with van der Waals surface area (Å²) < 4.78 is 30.2. The molecule has 19 heavy (non-hydrogen) atoms. The van der Waals surface area contributed by atoms with E-state index in [4.69, 9.17) is 9.84 Å². The Bertz CT molecular complexity index is 555. The predicted octanol–water partition coefficient (Wildman–Crippen LogP) is 1.32. The first kappa shape index (κ1) is 15.3. The number of ether oxygens (including phenoxy) is 1. The van der Waals surface area contributed by atoms with E-state index < -0.39 is 22.0 Å². The number of nitrogens with zero attached hydrogens (tertiary/aromatic N) is 1. The predicted molar refractivity (Wildman–Crippen MR) is 72.0 cm³/mol. The number of hydrogen-bond acceptors (Lipinski definition) is 4. The quantitative estimate of drug-likeness (QED) is 0.853. The minimum absolute atomic E-state index is 0.192. The van der Waals surface area contributed by atoms with E-state index in [9.17, 15) is 13.2 Å². The zero-order chi connectivity index (χ0) is 14.6. The van der Waals surface area contributed by atoms with Crippen LogP contribution in [0.1, 0.15) is 13.8 Å². The minimum Gasteiger partial charge on any atom is -0.495 e. The van der Waals surface area contributed by atoms with Crippen LogP contribution >= 0.6 is 0 Å². The molecular weight excluding hydrogens is 270 g/mol. The lowest BCUT2D eigenvalue weighted by atomic mass is 10.2. The normalized spacial score (nSPS) is 12.8. The molecule has 1 aromatic rings. The molecule has 7 heteroatoms. The highest BCUT2D eigenvalue weighted by atomic mass is 32.2. The number of para-hydroxylation sites is 2. The summed E-state index contributed by atoms with van der Waals surface area (Å²) in [6.07, 6.45) is 0. The summed E-state index contributed by atoms with van der Waals surface area (Å²) in [6.45, 7) is 2.79. The van der Waals surface area contributed by atoms with Gasteiger partial charge >= 0.3 is 5.97 Å². The molecular formula is C12H17NO5S. The van der Waals surface area contributed by atoms with Crippen molar-refractivity contribution in [1.82, 2.24) is 0 Å². The van der Waals surface area contributed by atoms with Gasteiger partial charge in [0.1, 0.15) is 11.8 Å². The van der Waals surface area contributed by atoms with Gasteiger partial charge in [-0.1, -0.05) is 12.1 Å². The Labute approximate surface area is 112 Å². The Balaban J connectivity index is 3.44. The van der Waals surface area contributed by atoms with Crippen LogP contribution in [0, 0.1) is 0 Å². The third-order valence-corrected chi connectivity index (χ3v) is 4.54. The van der Waals surface area contributed by atoms with E-state index in [2.05, 4.69) is 0 Å². The van der Waals surface area contributed by atoms with Crippen LogP contribution < -0.4 is 9.04 Å². The number of hydrogen-bond donors (Lipinski definition) is 1. The van der Waals surface area contributed by atoms with Crippen molar-refractivity contribution in [3.63, 3.8) is 0 Å². The first-order valence-electron chi connectivity index (χ1n) is 5.73. The lowest BCUT2D eigenvalue weighted by Gasteiger charge is -2.28. The number of benzene rings is 1. The molecule has 106 valence electrons. The van der Waals surface area contributed by atoms with Crippen LogP contribution in [-0.2, 0) is 14.8 Å². The molecule has 0 spiro atoms. The van der Waals surface area contributed by atoms with E-state index in [1.807, 2.05) is 0 Å². The van der Waals surface area contributed by atoms with E-state index >= 15 is 0 Å². The minimum atomic E-state index is -3.72. The molecule has 0 heterocycles. The summed E-state index contributed by atoms with van der Waals surface area (Å²) in [5.41, 5.74) is 0.224. The Morgan fingerprint density at radius 3 is 2.47 bits per heavy atom. The molecule has 0 saturated heterocycles. The van der Waals surface area contributed by atoms with Crippen molar-refractivity contribution in [3.05, 3.63) is 24.3 Å². The number of carboxylic acids is 1. The fourth-order valence-corrected chi connectivity index (χ4v) is 2.95. The summed E-state index contributed by atoms with van der Waals surface area (Å²) in [5, 5.41) is 9.09. The zero-order valence-electron chi connectivity index (χ0n) is 11.0. The number of sulfonamides is 1. The van der Waals surface area contributed by atoms with Crippen molar-refractivity contribution in [2.75, 3.05) is 17.2 Å². The lowest BCUT2D eigenvalue weighted by Crippen LogP contribution is -2.44. The number of methoxy groups -OCH3 is 1. The monoisotopic (exact) mass is 287 g/mol. The van der Waals surface area contributed by atoms with Crippen LogP contribution in [0.2, 0.25) is 0 Å². The van der Waals surface area contributed by atoms with Crippen molar-refractivity contribution in [2.45, 2.75) is 19.9 Å². The number of anilines is 1. The second-order valence-electron chi connectivity index (χ2n) is 3.88. The fourth-order valence-electron chi connectivity index (χ4n) is 1.65. The highest BCUT2D eigenvalue weighted by molar-refractivity contribution is 7.92. The lowest BCUT2D eigenvalue weighted by molar-refractivity contribution is -0.137. The van der Waals surface area contributed by atoms with Crippen LogP contribution in [0.25, 0.3) is 0 Å². The summed E-state index contributed by atoms with van der Waals surface area (Å²) in [4.78, 5) is 11.1. The maximum atomic E-state index is 12.1. The van der Waals surface area contributed by atoms with E-state index in [0.717, 1.165) is 4.31 Å². The van der Waals surface area contributed by atoms with Gasteiger partial charge in [-0.05, 0) is 26.0 Å². The van der Waals surface area contributed by atoms with Crippen LogP contribution in [0.3, 0.4) is 0 Å². The van der Waals surface area contributed by atoms with E-state index in [1.165, 1.54) is 27.0 Å². The summed E-state index contributed by atoms with van der Waals surface area (Å²) in [7, 11) is -2.31. The molecule has 0 aliphatic heterocycles. The van der Waals surface area contributed by atoms with E-state index in [0.29, 0.717) is 5.75 Å². The molecule has 0 fully saturated rings. The van der Waals surface area contributed by atoms with Gasteiger partial charge in [0, 0.05) is 0 Å². The Kier molecular flexibility index (Phi) is 4.77. The van der Waals surface area contributed by atoms with Crippen LogP contribution in [-0.4, -0.2) is 38.4 Å². The first-order valence-corrected chi connectivity index (χ1v) is 7.34. The van der Waals surface area contributed by atoms with Crippen LogP contribution in [0.5, 0.6) is 5.75 Å². The number of carbonyl (C=O) groups is 1. The smallest absolute Gasteiger partial charge is 0.327 e. The average Bonchev–Trinajstić information content (AvgIpc) is 2.39. The molecule has 1 aromatic carbocycles. The molecule has 0 aliphatic carbocycles. The topological polar surface area (TPSA) is 83.9 Å². The number of aliphatic carboxylic acids is 1. The molecule has 0 amide bonds. The summed E-state index contributed by atoms with van der Waals surface area (Å²) >= 11 is 0. The van der Waals surface area contributed by atoms with Crippen molar-refractivity contribution < 1.29 is 23.1 Å².